The molecular weight excluding hydrogens is 344 g/mol. The fourth-order valence-electron chi connectivity index (χ4n) is 2.65. The van der Waals surface area contributed by atoms with Crippen molar-refractivity contribution in [1.29, 1.82) is 0 Å². The summed E-state index contributed by atoms with van der Waals surface area (Å²) in [5.41, 5.74) is 1.01. The molecule has 0 unspecified atom stereocenters. The minimum atomic E-state index is -0.386. The first-order chi connectivity index (χ1) is 12.7. The smallest absolute Gasteiger partial charge is 0.284 e. The van der Waals surface area contributed by atoms with Gasteiger partial charge in [-0.15, -0.1) is 0 Å². The number of nitrogens with zero attached hydrogens (tertiary/aromatic N) is 1. The lowest BCUT2D eigenvalue weighted by atomic mass is 10.2. The molecule has 1 N–H and O–H groups in total. The number of allylic oxidation sites excluding steroid dienone is 1. The van der Waals surface area contributed by atoms with Crippen LogP contribution < -0.4 is 11.2 Å². The molecule has 0 saturated carbocycles. The maximum Gasteiger partial charge on any atom is 0.329 e. The summed E-state index contributed by atoms with van der Waals surface area (Å²) < 4.78 is 1.62. The van der Waals surface area contributed by atoms with Crippen LogP contribution in [0.2, 0.25) is 0 Å². The highest BCUT2D eigenvalue weighted by atomic mass is 32.2. The van der Waals surface area contributed by atoms with E-state index in [0.717, 1.165) is 10.5 Å². The average Bonchev–Trinajstić information content (AvgIpc) is 2.66. The molecule has 2 aromatic carbocycles. The Morgan fingerprint density at radius 3 is 2.31 bits per heavy atom. The number of aromatic amines is 1. The lowest BCUT2D eigenvalue weighted by molar-refractivity contribution is 0.646. The van der Waals surface area contributed by atoms with E-state index in [1.54, 1.807) is 4.57 Å². The standard InChI is InChI=1S/C21H20N2O2S/c1-2-18-19(24)22-21(25)23(15-9-12-16-10-5-3-6-11-16)20(18)26-17-13-7-4-8-14-17/h3-14H,2,15H2,1H3,(H,22,24,25). The van der Waals surface area contributed by atoms with Gasteiger partial charge in [-0.3, -0.25) is 14.3 Å². The van der Waals surface area contributed by atoms with E-state index in [9.17, 15) is 9.59 Å². The maximum atomic E-state index is 12.4. The van der Waals surface area contributed by atoms with Crippen LogP contribution in [0, 0.1) is 0 Å². The molecular formula is C21H20N2O2S. The number of benzene rings is 2. The highest BCUT2D eigenvalue weighted by Gasteiger charge is 2.14. The second kappa shape index (κ2) is 8.54. The van der Waals surface area contributed by atoms with Gasteiger partial charge < -0.3 is 0 Å². The van der Waals surface area contributed by atoms with Crippen LogP contribution in [0.5, 0.6) is 0 Å². The van der Waals surface area contributed by atoms with Gasteiger partial charge in [0.25, 0.3) is 5.56 Å². The van der Waals surface area contributed by atoms with Crippen LogP contribution >= 0.6 is 11.8 Å². The first kappa shape index (κ1) is 18.0. The number of rotatable bonds is 6. The minimum Gasteiger partial charge on any atom is -0.284 e. The molecule has 0 amide bonds. The van der Waals surface area contributed by atoms with Crippen LogP contribution in [0.1, 0.15) is 18.1 Å². The summed E-state index contributed by atoms with van der Waals surface area (Å²) in [5, 5.41) is 0.699. The van der Waals surface area contributed by atoms with E-state index in [0.29, 0.717) is 23.6 Å². The highest BCUT2D eigenvalue weighted by Crippen LogP contribution is 2.28. The third kappa shape index (κ3) is 4.24. The van der Waals surface area contributed by atoms with E-state index in [1.807, 2.05) is 79.7 Å². The van der Waals surface area contributed by atoms with Crippen LogP contribution in [0.4, 0.5) is 0 Å². The first-order valence-corrected chi connectivity index (χ1v) is 9.31. The summed E-state index contributed by atoms with van der Waals surface area (Å²) in [5.74, 6) is 0. The van der Waals surface area contributed by atoms with Crippen molar-refractivity contribution in [2.24, 2.45) is 0 Å². The Balaban J connectivity index is 1.99. The summed E-state index contributed by atoms with van der Waals surface area (Å²) in [6.45, 7) is 2.32. The molecule has 3 rings (SSSR count). The third-order valence-corrected chi connectivity index (χ3v) is 5.12. The molecule has 1 aromatic heterocycles. The predicted octanol–water partition coefficient (Wildman–Crippen LogP) is 3.96. The fraction of sp³-hybridized carbons (Fsp3) is 0.143. The Labute approximate surface area is 156 Å². The van der Waals surface area contributed by atoms with Crippen molar-refractivity contribution in [3.05, 3.63) is 98.7 Å². The van der Waals surface area contributed by atoms with Gasteiger partial charge in [-0.1, -0.05) is 79.4 Å². The zero-order valence-electron chi connectivity index (χ0n) is 14.5. The lowest BCUT2D eigenvalue weighted by Gasteiger charge is -2.13. The van der Waals surface area contributed by atoms with E-state index in [1.165, 1.54) is 11.8 Å². The number of hydrogen-bond donors (Lipinski definition) is 1. The van der Waals surface area contributed by atoms with Crippen molar-refractivity contribution in [1.82, 2.24) is 9.55 Å². The molecule has 0 aliphatic rings. The molecule has 0 aliphatic carbocycles. The largest absolute Gasteiger partial charge is 0.329 e. The SMILES string of the molecule is CCc1c(Sc2ccccc2)n(CC=Cc2ccccc2)c(=O)[nH]c1=O. The number of H-pyrrole nitrogens is 1. The Kier molecular flexibility index (Phi) is 5.92. The van der Waals surface area contributed by atoms with Crippen molar-refractivity contribution in [2.45, 2.75) is 29.8 Å². The quantitative estimate of drug-likeness (QED) is 0.674. The number of aromatic nitrogens is 2. The van der Waals surface area contributed by atoms with Gasteiger partial charge in [0.1, 0.15) is 0 Å². The molecule has 4 nitrogen and oxygen atoms in total. The van der Waals surface area contributed by atoms with Gasteiger partial charge in [-0.05, 0) is 24.1 Å². The lowest BCUT2D eigenvalue weighted by Crippen LogP contribution is -2.33. The normalized spacial score (nSPS) is 11.1. The van der Waals surface area contributed by atoms with Crippen LogP contribution in [0.3, 0.4) is 0 Å². The fourth-order valence-corrected chi connectivity index (χ4v) is 3.79. The number of nitrogens with one attached hydrogen (secondary N) is 1. The van der Waals surface area contributed by atoms with Gasteiger partial charge in [0.15, 0.2) is 0 Å². The molecule has 132 valence electrons. The van der Waals surface area contributed by atoms with E-state index < -0.39 is 0 Å². The average molecular weight is 364 g/mol. The van der Waals surface area contributed by atoms with Gasteiger partial charge >= 0.3 is 5.69 Å². The van der Waals surface area contributed by atoms with E-state index in [2.05, 4.69) is 4.98 Å². The van der Waals surface area contributed by atoms with Crippen molar-refractivity contribution < 1.29 is 0 Å². The van der Waals surface area contributed by atoms with Gasteiger partial charge in [0, 0.05) is 17.0 Å². The van der Waals surface area contributed by atoms with Gasteiger partial charge in [0.05, 0.1) is 5.03 Å². The Morgan fingerprint density at radius 1 is 1.00 bits per heavy atom. The summed E-state index contributed by atoms with van der Waals surface area (Å²) in [4.78, 5) is 28.1. The van der Waals surface area contributed by atoms with Crippen LogP contribution in [0.25, 0.3) is 6.08 Å². The second-order valence-corrected chi connectivity index (χ2v) is 6.80. The van der Waals surface area contributed by atoms with Crippen molar-refractivity contribution >= 4 is 17.8 Å². The van der Waals surface area contributed by atoms with Crippen molar-refractivity contribution in [2.75, 3.05) is 0 Å². The summed E-state index contributed by atoms with van der Waals surface area (Å²) in [6.07, 6.45) is 4.47. The predicted molar refractivity (Wildman–Crippen MR) is 107 cm³/mol. The molecule has 0 spiro atoms. The Morgan fingerprint density at radius 2 is 1.65 bits per heavy atom. The Bertz CT molecular complexity index is 1010. The summed E-state index contributed by atoms with van der Waals surface area (Å²) in [7, 11) is 0. The van der Waals surface area contributed by atoms with E-state index in [-0.39, 0.29) is 11.2 Å². The van der Waals surface area contributed by atoms with Crippen LogP contribution in [-0.2, 0) is 13.0 Å². The Hall–Kier alpha value is -2.79. The molecule has 0 radical (unpaired) electrons. The van der Waals surface area contributed by atoms with Gasteiger partial charge in [-0.25, -0.2) is 4.79 Å². The molecule has 1 heterocycles. The molecule has 0 saturated heterocycles. The number of hydrogen-bond acceptors (Lipinski definition) is 3. The third-order valence-electron chi connectivity index (χ3n) is 3.95. The van der Waals surface area contributed by atoms with E-state index in [4.69, 9.17) is 0 Å². The zero-order valence-corrected chi connectivity index (χ0v) is 15.3. The second-order valence-electron chi connectivity index (χ2n) is 5.74. The topological polar surface area (TPSA) is 54.9 Å². The minimum absolute atomic E-state index is 0.306. The monoisotopic (exact) mass is 364 g/mol. The van der Waals surface area contributed by atoms with Crippen molar-refractivity contribution in [3.63, 3.8) is 0 Å². The maximum absolute atomic E-state index is 12.4. The van der Waals surface area contributed by atoms with Gasteiger partial charge in [-0.2, -0.15) is 0 Å². The molecule has 0 aliphatic heterocycles. The van der Waals surface area contributed by atoms with E-state index >= 15 is 0 Å². The highest BCUT2D eigenvalue weighted by molar-refractivity contribution is 7.99. The molecule has 0 atom stereocenters. The summed E-state index contributed by atoms with van der Waals surface area (Å²) in [6, 6.07) is 19.7. The molecule has 5 heteroatoms. The van der Waals surface area contributed by atoms with Crippen molar-refractivity contribution in [3.8, 4) is 0 Å². The van der Waals surface area contributed by atoms with Crippen LogP contribution in [-0.4, -0.2) is 9.55 Å². The molecule has 0 fully saturated rings. The molecule has 3 aromatic rings. The molecule has 0 bridgehead atoms. The summed E-state index contributed by atoms with van der Waals surface area (Å²) >= 11 is 1.45. The van der Waals surface area contributed by atoms with Crippen LogP contribution in [0.15, 0.2) is 86.3 Å². The van der Waals surface area contributed by atoms with Gasteiger partial charge in [0.2, 0.25) is 0 Å². The first-order valence-electron chi connectivity index (χ1n) is 8.49. The molecule has 26 heavy (non-hydrogen) atoms. The zero-order chi connectivity index (χ0) is 18.4.